The summed E-state index contributed by atoms with van der Waals surface area (Å²) in [5.41, 5.74) is 1.01. The molecule has 0 radical (unpaired) electrons. The molecule has 1 fully saturated rings. The van der Waals surface area contributed by atoms with Crippen molar-refractivity contribution in [3.63, 3.8) is 0 Å². The number of amides is 2. The van der Waals surface area contributed by atoms with Crippen LogP contribution in [-0.2, 0) is 38.6 Å². The first kappa shape index (κ1) is 19.9. The van der Waals surface area contributed by atoms with Crippen molar-refractivity contribution in [2.45, 2.75) is 38.8 Å². The number of fused-ring (bicyclic) bond motifs is 1. The van der Waals surface area contributed by atoms with Crippen molar-refractivity contribution < 1.29 is 24.2 Å². The number of carboxylic acid groups (broad SMARTS) is 1. The Morgan fingerprint density at radius 1 is 1.38 bits per heavy atom. The normalized spacial score (nSPS) is 16.4. The van der Waals surface area contributed by atoms with Crippen LogP contribution in [0.4, 0.5) is 0 Å². The van der Waals surface area contributed by atoms with E-state index in [1.165, 1.54) is 7.11 Å². The Labute approximate surface area is 152 Å². The number of hydrogen-bond donors (Lipinski definition) is 2. The molecule has 1 aliphatic carbocycles. The molecule has 2 N–H and O–H groups in total. The van der Waals surface area contributed by atoms with E-state index in [1.54, 1.807) is 0 Å². The summed E-state index contributed by atoms with van der Waals surface area (Å²) in [4.78, 5) is 38.5. The lowest BCUT2D eigenvalue weighted by Crippen LogP contribution is -2.36. The molecule has 2 aliphatic rings. The second-order valence-corrected chi connectivity index (χ2v) is 6.33. The number of hydrogen-bond acceptors (Lipinski definition) is 5. The highest BCUT2D eigenvalue weighted by atomic mass is 16.5. The average molecular weight is 366 g/mol. The molecule has 1 saturated carbocycles. The summed E-state index contributed by atoms with van der Waals surface area (Å²) >= 11 is 0. The lowest BCUT2D eigenvalue weighted by Gasteiger charge is -2.24. The first-order valence-corrected chi connectivity index (χ1v) is 8.76. The van der Waals surface area contributed by atoms with Gasteiger partial charge in [-0.1, -0.05) is 6.42 Å². The van der Waals surface area contributed by atoms with Crippen molar-refractivity contribution in [3.8, 4) is 0 Å². The van der Waals surface area contributed by atoms with Gasteiger partial charge in [0.15, 0.2) is 0 Å². The molecule has 3 rings (SSSR count). The van der Waals surface area contributed by atoms with Crippen LogP contribution in [0, 0.1) is 5.92 Å². The van der Waals surface area contributed by atoms with E-state index in [9.17, 15) is 9.59 Å². The molecule has 144 valence electrons. The molecule has 0 spiro atoms. The highest BCUT2D eigenvalue weighted by molar-refractivity contribution is 5.79. The SMILES string of the molecule is COCC(=O)N1CCc2ncc(CNC(=O)C3CCC3)n2CC1.O=CO. The molecular formula is C17H26N4O5. The molecule has 1 aliphatic heterocycles. The highest BCUT2D eigenvalue weighted by Gasteiger charge is 2.25. The zero-order valence-electron chi connectivity index (χ0n) is 15.0. The van der Waals surface area contributed by atoms with E-state index in [0.717, 1.165) is 37.2 Å². The van der Waals surface area contributed by atoms with Crippen molar-refractivity contribution in [3.05, 3.63) is 17.7 Å². The third-order valence-corrected chi connectivity index (χ3v) is 4.76. The standard InChI is InChI=1S/C16H24N4O3.CH2O2/c1-23-11-15(21)19-6-5-14-17-9-13(20(14)8-7-19)10-18-16(22)12-3-2-4-12;2-1-3/h9,12H,2-8,10-11H2,1H3,(H,18,22);1H,(H,2,3). The smallest absolute Gasteiger partial charge is 0.290 e. The first-order valence-electron chi connectivity index (χ1n) is 8.76. The molecular weight excluding hydrogens is 340 g/mol. The lowest BCUT2D eigenvalue weighted by atomic mass is 9.85. The number of methoxy groups -OCH3 is 1. The second-order valence-electron chi connectivity index (χ2n) is 6.33. The Morgan fingerprint density at radius 3 is 2.73 bits per heavy atom. The van der Waals surface area contributed by atoms with Crippen molar-refractivity contribution >= 4 is 18.3 Å². The topological polar surface area (TPSA) is 114 Å². The van der Waals surface area contributed by atoms with E-state index in [-0.39, 0.29) is 30.8 Å². The molecule has 0 atom stereocenters. The summed E-state index contributed by atoms with van der Waals surface area (Å²) in [5.74, 6) is 1.34. The van der Waals surface area contributed by atoms with Gasteiger partial charge in [-0.3, -0.25) is 14.4 Å². The molecule has 0 unspecified atom stereocenters. The third-order valence-electron chi connectivity index (χ3n) is 4.76. The van der Waals surface area contributed by atoms with Crippen LogP contribution < -0.4 is 5.32 Å². The van der Waals surface area contributed by atoms with Crippen LogP contribution in [0.15, 0.2) is 6.20 Å². The van der Waals surface area contributed by atoms with Gasteiger partial charge >= 0.3 is 0 Å². The van der Waals surface area contributed by atoms with Gasteiger partial charge in [0.25, 0.3) is 6.47 Å². The molecule has 9 heteroatoms. The Kier molecular flexibility index (Phi) is 7.58. The van der Waals surface area contributed by atoms with E-state index in [4.69, 9.17) is 14.6 Å². The van der Waals surface area contributed by atoms with E-state index < -0.39 is 0 Å². The number of nitrogens with zero attached hydrogens (tertiary/aromatic N) is 3. The molecule has 1 aromatic rings. The minimum Gasteiger partial charge on any atom is -0.483 e. The summed E-state index contributed by atoms with van der Waals surface area (Å²) in [6, 6.07) is 0. The molecule has 9 nitrogen and oxygen atoms in total. The Morgan fingerprint density at radius 2 is 2.12 bits per heavy atom. The summed E-state index contributed by atoms with van der Waals surface area (Å²) in [6.07, 6.45) is 5.74. The summed E-state index contributed by atoms with van der Waals surface area (Å²) in [6.45, 7) is 2.39. The number of imidazole rings is 1. The molecule has 2 heterocycles. The monoisotopic (exact) mass is 366 g/mol. The summed E-state index contributed by atoms with van der Waals surface area (Å²) in [5, 5.41) is 9.90. The van der Waals surface area contributed by atoms with Gasteiger partial charge in [0.1, 0.15) is 12.4 Å². The van der Waals surface area contributed by atoms with E-state index >= 15 is 0 Å². The number of rotatable bonds is 5. The van der Waals surface area contributed by atoms with Crippen LogP contribution in [-0.4, -0.2) is 64.7 Å². The van der Waals surface area contributed by atoms with Gasteiger partial charge in [-0.05, 0) is 12.8 Å². The summed E-state index contributed by atoms with van der Waals surface area (Å²) < 4.78 is 7.05. The second kappa shape index (κ2) is 9.91. The predicted molar refractivity (Wildman–Crippen MR) is 92.3 cm³/mol. The van der Waals surface area contributed by atoms with Crippen LogP contribution in [0.5, 0.6) is 0 Å². The first-order chi connectivity index (χ1) is 12.6. The number of carbonyl (C=O) groups excluding carboxylic acids is 2. The molecule has 2 amide bonds. The fourth-order valence-corrected chi connectivity index (χ4v) is 3.09. The Hall–Kier alpha value is -2.42. The van der Waals surface area contributed by atoms with Gasteiger partial charge in [0.2, 0.25) is 11.8 Å². The van der Waals surface area contributed by atoms with Crippen LogP contribution in [0.2, 0.25) is 0 Å². The van der Waals surface area contributed by atoms with Crippen molar-refractivity contribution in [2.75, 3.05) is 26.8 Å². The Balaban J connectivity index is 0.000000758. The molecule has 1 aromatic heterocycles. The zero-order valence-corrected chi connectivity index (χ0v) is 15.0. The number of nitrogens with one attached hydrogen (secondary N) is 1. The number of aromatic nitrogens is 2. The lowest BCUT2D eigenvalue weighted by molar-refractivity contribution is -0.135. The maximum absolute atomic E-state index is 12.0. The summed E-state index contributed by atoms with van der Waals surface area (Å²) in [7, 11) is 1.53. The zero-order chi connectivity index (χ0) is 18.9. The van der Waals surface area contributed by atoms with Crippen molar-refractivity contribution in [2.24, 2.45) is 5.92 Å². The minimum atomic E-state index is -0.250. The minimum absolute atomic E-state index is 0.0121. The van der Waals surface area contributed by atoms with Gasteiger partial charge in [0, 0.05) is 39.1 Å². The van der Waals surface area contributed by atoms with Crippen LogP contribution in [0.1, 0.15) is 30.8 Å². The van der Waals surface area contributed by atoms with E-state index in [0.29, 0.717) is 26.2 Å². The highest BCUT2D eigenvalue weighted by Crippen LogP contribution is 2.26. The third kappa shape index (κ3) is 5.04. The van der Waals surface area contributed by atoms with Gasteiger partial charge in [-0.25, -0.2) is 4.98 Å². The van der Waals surface area contributed by atoms with Crippen LogP contribution >= 0.6 is 0 Å². The number of ether oxygens (including phenoxy) is 1. The van der Waals surface area contributed by atoms with Gasteiger partial charge < -0.3 is 24.6 Å². The fourth-order valence-electron chi connectivity index (χ4n) is 3.09. The van der Waals surface area contributed by atoms with E-state index in [2.05, 4.69) is 14.9 Å². The molecule has 26 heavy (non-hydrogen) atoms. The molecule has 0 bridgehead atoms. The predicted octanol–water partition coefficient (Wildman–Crippen LogP) is 0.0313. The van der Waals surface area contributed by atoms with Crippen molar-refractivity contribution in [1.29, 1.82) is 0 Å². The Bertz CT molecular complexity index is 627. The maximum atomic E-state index is 12.0. The average Bonchev–Trinajstić information content (AvgIpc) is 2.81. The fraction of sp³-hybridized carbons (Fsp3) is 0.647. The largest absolute Gasteiger partial charge is 0.483 e. The van der Waals surface area contributed by atoms with Crippen LogP contribution in [0.25, 0.3) is 0 Å². The molecule has 0 aromatic carbocycles. The van der Waals surface area contributed by atoms with Gasteiger partial charge in [0.05, 0.1) is 18.4 Å². The van der Waals surface area contributed by atoms with Crippen molar-refractivity contribution in [1.82, 2.24) is 19.8 Å². The maximum Gasteiger partial charge on any atom is 0.290 e. The van der Waals surface area contributed by atoms with E-state index in [1.807, 2.05) is 11.1 Å². The molecule has 0 saturated heterocycles. The van der Waals surface area contributed by atoms with Crippen LogP contribution in [0.3, 0.4) is 0 Å². The van der Waals surface area contributed by atoms with Gasteiger partial charge in [-0.2, -0.15) is 0 Å². The quantitative estimate of drug-likeness (QED) is 0.711. The van der Waals surface area contributed by atoms with Gasteiger partial charge in [-0.15, -0.1) is 0 Å². The number of carbonyl (C=O) groups is 3.